The number of hydrogen-bond acceptors (Lipinski definition) is 5. The molecule has 0 aromatic rings. The summed E-state index contributed by atoms with van der Waals surface area (Å²) in [5, 5.41) is -0.578. The molecule has 17 heavy (non-hydrogen) atoms. The molecule has 0 fully saturated rings. The highest BCUT2D eigenvalue weighted by molar-refractivity contribution is 8.11. The van der Waals surface area contributed by atoms with Crippen molar-refractivity contribution in [3.8, 4) is 0 Å². The second kappa shape index (κ2) is 7.40. The Morgan fingerprint density at radius 3 is 1.82 bits per heavy atom. The zero-order valence-electron chi connectivity index (χ0n) is 9.48. The summed E-state index contributed by atoms with van der Waals surface area (Å²) in [5.41, 5.74) is 0. The van der Waals surface area contributed by atoms with Gasteiger partial charge in [0.15, 0.2) is 0 Å². The van der Waals surface area contributed by atoms with Crippen LogP contribution in [0.4, 0.5) is 0 Å². The van der Waals surface area contributed by atoms with Crippen LogP contribution >= 0.6 is 47.8 Å². The lowest BCUT2D eigenvalue weighted by atomic mass is 10.7. The molecular weight excluding hydrogens is 332 g/mol. The first-order valence-corrected chi connectivity index (χ1v) is 9.96. The third-order valence-corrected chi connectivity index (χ3v) is 6.10. The van der Waals surface area contributed by atoms with Gasteiger partial charge in [-0.25, -0.2) is 4.57 Å². The van der Waals surface area contributed by atoms with Gasteiger partial charge in [-0.15, -0.1) is 0 Å². The van der Waals surface area contributed by atoms with E-state index < -0.39 is 18.9 Å². The fourth-order valence-corrected chi connectivity index (χ4v) is 3.47. The van der Waals surface area contributed by atoms with Crippen LogP contribution in [0, 0.1) is 0 Å². The molecule has 0 amide bonds. The zero-order chi connectivity index (χ0) is 13.7. The third kappa shape index (κ3) is 6.49. The Morgan fingerprint density at radius 1 is 1.12 bits per heavy atom. The highest BCUT2D eigenvalue weighted by Crippen LogP contribution is 2.66. The number of hydrogen-bond donors (Lipinski definition) is 0. The van der Waals surface area contributed by atoms with Gasteiger partial charge in [0.1, 0.15) is 0 Å². The van der Waals surface area contributed by atoms with Gasteiger partial charge >= 0.3 is 7.82 Å². The minimum atomic E-state index is -3.83. The normalized spacial score (nSPS) is 14.5. The second-order valence-electron chi connectivity index (χ2n) is 2.70. The second-order valence-corrected chi connectivity index (χ2v) is 9.60. The molecule has 5 nitrogen and oxygen atoms in total. The van der Waals surface area contributed by atoms with Crippen LogP contribution in [0.5, 0.6) is 0 Å². The van der Waals surface area contributed by atoms with Crippen LogP contribution in [0.2, 0.25) is 0 Å². The summed E-state index contributed by atoms with van der Waals surface area (Å²) in [5.74, 6) is -3.60. The van der Waals surface area contributed by atoms with Crippen molar-refractivity contribution in [2.75, 3.05) is 13.2 Å². The fourth-order valence-electron chi connectivity index (χ4n) is 0.673. The van der Waals surface area contributed by atoms with E-state index >= 15 is 0 Å². The Balaban J connectivity index is 5.02. The number of allylic oxidation sites excluding steroid dienone is 1. The number of phosphoric ester groups is 1. The molecule has 0 saturated heterocycles. The molecule has 0 aromatic heterocycles. The van der Waals surface area contributed by atoms with Gasteiger partial charge < -0.3 is 4.52 Å². The Bertz CT molecular complexity index is 368. The van der Waals surface area contributed by atoms with E-state index in [0.717, 1.165) is 0 Å². The molecule has 0 aliphatic carbocycles. The van der Waals surface area contributed by atoms with Crippen molar-refractivity contribution in [2.24, 2.45) is 0 Å². The Hall–Kier alpha value is 0.790. The molecule has 0 bridgehead atoms. The van der Waals surface area contributed by atoms with Gasteiger partial charge in [-0.05, 0) is 54.9 Å². The Morgan fingerprint density at radius 2 is 1.53 bits per heavy atom. The minimum absolute atomic E-state index is 0.0971. The minimum Gasteiger partial charge on any atom is -0.392 e. The molecule has 10 heteroatoms. The summed E-state index contributed by atoms with van der Waals surface area (Å²) < 4.78 is 37.7. The lowest BCUT2D eigenvalue weighted by Crippen LogP contribution is -1.99. The standard InChI is InChI=1S/C7H13Cl3O5P2/c1-4-13-17(12,14-5-2)15-7(8)6(3)16(9,10)11/h4-5H2,1-3H3. The molecule has 0 aromatic carbocycles. The van der Waals surface area contributed by atoms with E-state index in [1.54, 1.807) is 13.8 Å². The van der Waals surface area contributed by atoms with Crippen LogP contribution in [-0.4, -0.2) is 13.2 Å². The van der Waals surface area contributed by atoms with E-state index in [0.29, 0.717) is 0 Å². The van der Waals surface area contributed by atoms with E-state index in [4.69, 9.17) is 47.7 Å². The van der Waals surface area contributed by atoms with E-state index in [1.165, 1.54) is 6.92 Å². The number of phosphoric acid groups is 1. The van der Waals surface area contributed by atoms with Crippen LogP contribution in [0.1, 0.15) is 20.8 Å². The number of rotatable bonds is 7. The van der Waals surface area contributed by atoms with Crippen LogP contribution < -0.4 is 0 Å². The van der Waals surface area contributed by atoms with E-state index in [-0.39, 0.29) is 18.5 Å². The quantitative estimate of drug-likeness (QED) is 0.464. The summed E-state index contributed by atoms with van der Waals surface area (Å²) in [6, 6.07) is 0. The molecule has 0 radical (unpaired) electrons. The van der Waals surface area contributed by atoms with Gasteiger partial charge in [0.05, 0.1) is 18.5 Å². The van der Waals surface area contributed by atoms with Crippen molar-refractivity contribution in [1.82, 2.24) is 0 Å². The summed E-state index contributed by atoms with van der Waals surface area (Å²) >= 11 is 16.4. The first kappa shape index (κ1) is 17.8. The summed E-state index contributed by atoms with van der Waals surface area (Å²) in [6.07, 6.45) is 0. The lowest BCUT2D eigenvalue weighted by Gasteiger charge is -2.17. The maximum atomic E-state index is 11.9. The molecular formula is C7H13Cl3O5P2. The SMILES string of the molecule is CCOP(=O)(OCC)OC(Cl)=C(C)P(=O)(Cl)Cl. The predicted octanol–water partition coefficient (Wildman–Crippen LogP) is 5.28. The van der Waals surface area contributed by atoms with Crippen molar-refractivity contribution < 1.29 is 22.7 Å². The maximum absolute atomic E-state index is 11.9. The monoisotopic (exact) mass is 344 g/mol. The van der Waals surface area contributed by atoms with Crippen molar-refractivity contribution in [2.45, 2.75) is 20.8 Å². The molecule has 0 saturated carbocycles. The highest BCUT2D eigenvalue weighted by atomic mass is 35.9. The summed E-state index contributed by atoms with van der Waals surface area (Å²) in [6.45, 7) is 4.70. The van der Waals surface area contributed by atoms with Crippen LogP contribution in [0.15, 0.2) is 10.5 Å². The molecule has 102 valence electrons. The van der Waals surface area contributed by atoms with Gasteiger partial charge in [0.25, 0.3) is 5.85 Å². The van der Waals surface area contributed by atoms with Gasteiger partial charge in [-0.3, -0.25) is 13.6 Å². The zero-order valence-corrected chi connectivity index (χ0v) is 13.5. The molecule has 0 unspecified atom stereocenters. The third-order valence-electron chi connectivity index (χ3n) is 1.44. The van der Waals surface area contributed by atoms with E-state index in [2.05, 4.69) is 0 Å². The molecule has 0 spiro atoms. The smallest absolute Gasteiger partial charge is 0.392 e. The average Bonchev–Trinajstić information content (AvgIpc) is 2.15. The van der Waals surface area contributed by atoms with E-state index in [1.807, 2.05) is 0 Å². The predicted molar refractivity (Wildman–Crippen MR) is 69.8 cm³/mol. The van der Waals surface area contributed by atoms with E-state index in [9.17, 15) is 9.13 Å². The molecule has 0 aliphatic rings. The fraction of sp³-hybridized carbons (Fsp3) is 0.714. The van der Waals surface area contributed by atoms with Gasteiger partial charge in [0, 0.05) is 0 Å². The first-order valence-electron chi connectivity index (χ1n) is 4.61. The van der Waals surface area contributed by atoms with Gasteiger partial charge in [0.2, 0.25) is 5.22 Å². The molecule has 0 heterocycles. The van der Waals surface area contributed by atoms with Crippen LogP contribution in [-0.2, 0) is 22.7 Å². The largest absolute Gasteiger partial charge is 0.530 e. The van der Waals surface area contributed by atoms with Gasteiger partial charge in [-0.1, -0.05) is 0 Å². The topological polar surface area (TPSA) is 61.8 Å². The molecule has 0 rings (SSSR count). The average molecular weight is 345 g/mol. The maximum Gasteiger partial charge on any atom is 0.530 e. The Labute approximate surface area is 115 Å². The molecule has 0 N–H and O–H groups in total. The highest BCUT2D eigenvalue weighted by Gasteiger charge is 2.31. The number of halogens is 3. The van der Waals surface area contributed by atoms with Gasteiger partial charge in [-0.2, -0.15) is 0 Å². The Kier molecular flexibility index (Phi) is 7.74. The summed E-state index contributed by atoms with van der Waals surface area (Å²) in [7, 11) is -3.83. The first-order chi connectivity index (χ1) is 7.66. The van der Waals surface area contributed by atoms with Crippen molar-refractivity contribution in [1.29, 1.82) is 0 Å². The lowest BCUT2D eigenvalue weighted by molar-refractivity contribution is 0.150. The van der Waals surface area contributed by atoms with Crippen LogP contribution in [0.25, 0.3) is 0 Å². The molecule has 0 aliphatic heterocycles. The van der Waals surface area contributed by atoms with Crippen molar-refractivity contribution in [3.63, 3.8) is 0 Å². The summed E-state index contributed by atoms with van der Waals surface area (Å²) in [4.78, 5) is 0. The van der Waals surface area contributed by atoms with Crippen molar-refractivity contribution >= 4 is 47.8 Å². The van der Waals surface area contributed by atoms with Crippen molar-refractivity contribution in [3.05, 3.63) is 10.5 Å². The van der Waals surface area contributed by atoms with Crippen LogP contribution in [0.3, 0.4) is 0 Å². The molecule has 0 atom stereocenters.